The van der Waals surface area contributed by atoms with E-state index in [2.05, 4.69) is 17.1 Å². The number of carbonyl (C=O) groups is 2. The second-order valence-electron chi connectivity index (χ2n) is 8.98. The van der Waals surface area contributed by atoms with Gasteiger partial charge in [0.05, 0.1) is 6.54 Å². The molecule has 1 N–H and O–H groups in total. The van der Waals surface area contributed by atoms with Gasteiger partial charge in [0.15, 0.2) is 0 Å². The SMILES string of the molecule is CCCCNC(=O)C1CCN(CC(=O)N(Cc2cccc(F)c2)C(C)(C)C)CC1. The first kappa shape index (κ1) is 23.3. The third-order valence-electron chi connectivity index (χ3n) is 5.49. The van der Waals surface area contributed by atoms with E-state index in [-0.39, 0.29) is 29.1 Å². The molecule has 0 aliphatic carbocycles. The number of nitrogens with zero attached hydrogens (tertiary/aromatic N) is 2. The molecule has 2 rings (SSSR count). The summed E-state index contributed by atoms with van der Waals surface area (Å²) in [6.45, 7) is 11.1. The summed E-state index contributed by atoms with van der Waals surface area (Å²) in [6.07, 6.45) is 3.64. The Kier molecular flexibility index (Phi) is 8.62. The zero-order valence-electron chi connectivity index (χ0n) is 18.3. The van der Waals surface area contributed by atoms with Gasteiger partial charge < -0.3 is 10.2 Å². The maximum Gasteiger partial charge on any atom is 0.237 e. The average Bonchev–Trinajstić information content (AvgIpc) is 2.66. The molecule has 5 nitrogen and oxygen atoms in total. The van der Waals surface area contributed by atoms with Crippen molar-refractivity contribution in [2.45, 2.75) is 65.5 Å². The summed E-state index contributed by atoms with van der Waals surface area (Å²) in [5.41, 5.74) is 0.427. The van der Waals surface area contributed by atoms with Crippen molar-refractivity contribution in [3.8, 4) is 0 Å². The summed E-state index contributed by atoms with van der Waals surface area (Å²) in [4.78, 5) is 29.2. The van der Waals surface area contributed by atoms with E-state index in [0.717, 1.165) is 50.9 Å². The van der Waals surface area contributed by atoms with E-state index in [1.807, 2.05) is 31.7 Å². The summed E-state index contributed by atoms with van der Waals surface area (Å²) in [7, 11) is 0. The van der Waals surface area contributed by atoms with E-state index >= 15 is 0 Å². The average molecular weight is 406 g/mol. The fraction of sp³-hybridized carbons (Fsp3) is 0.652. The Morgan fingerprint density at radius 1 is 1.24 bits per heavy atom. The Morgan fingerprint density at radius 2 is 1.93 bits per heavy atom. The van der Waals surface area contributed by atoms with Gasteiger partial charge in [0.2, 0.25) is 11.8 Å². The zero-order valence-corrected chi connectivity index (χ0v) is 18.3. The quantitative estimate of drug-likeness (QED) is 0.673. The molecular formula is C23H36FN3O2. The molecule has 29 heavy (non-hydrogen) atoms. The molecule has 0 radical (unpaired) electrons. The molecule has 2 amide bonds. The molecule has 0 saturated carbocycles. The van der Waals surface area contributed by atoms with E-state index in [1.165, 1.54) is 12.1 Å². The van der Waals surface area contributed by atoms with Crippen LogP contribution in [0.25, 0.3) is 0 Å². The summed E-state index contributed by atoms with van der Waals surface area (Å²) in [5, 5.41) is 3.02. The Bertz CT molecular complexity index is 679. The number of benzene rings is 1. The third kappa shape index (κ3) is 7.42. The molecule has 6 heteroatoms. The van der Waals surface area contributed by atoms with Crippen LogP contribution < -0.4 is 5.32 Å². The molecule has 0 unspecified atom stereocenters. The Morgan fingerprint density at radius 3 is 2.52 bits per heavy atom. The highest BCUT2D eigenvalue weighted by atomic mass is 19.1. The van der Waals surface area contributed by atoms with Crippen LogP contribution in [-0.2, 0) is 16.1 Å². The van der Waals surface area contributed by atoms with E-state index in [4.69, 9.17) is 0 Å². The van der Waals surface area contributed by atoms with Gasteiger partial charge in [-0.2, -0.15) is 0 Å². The van der Waals surface area contributed by atoms with Crippen molar-refractivity contribution in [1.82, 2.24) is 15.1 Å². The molecule has 1 heterocycles. The summed E-state index contributed by atoms with van der Waals surface area (Å²) >= 11 is 0. The lowest BCUT2D eigenvalue weighted by Gasteiger charge is -2.38. The zero-order chi connectivity index (χ0) is 21.4. The summed E-state index contributed by atoms with van der Waals surface area (Å²) < 4.78 is 13.5. The minimum absolute atomic E-state index is 0.0348. The van der Waals surface area contributed by atoms with Crippen molar-refractivity contribution in [2.75, 3.05) is 26.2 Å². The number of carbonyl (C=O) groups excluding carboxylic acids is 2. The van der Waals surface area contributed by atoms with Crippen LogP contribution in [0.5, 0.6) is 0 Å². The van der Waals surface area contributed by atoms with E-state index < -0.39 is 0 Å². The minimum atomic E-state index is -0.360. The van der Waals surface area contributed by atoms with Gasteiger partial charge in [0.1, 0.15) is 5.82 Å². The lowest BCUT2D eigenvalue weighted by atomic mass is 9.95. The second-order valence-corrected chi connectivity index (χ2v) is 8.98. The van der Waals surface area contributed by atoms with Crippen LogP contribution in [0.1, 0.15) is 58.9 Å². The molecule has 0 atom stereocenters. The van der Waals surface area contributed by atoms with E-state index in [0.29, 0.717) is 13.1 Å². The highest BCUT2D eigenvalue weighted by Crippen LogP contribution is 2.21. The Balaban J connectivity index is 1.89. The fourth-order valence-corrected chi connectivity index (χ4v) is 3.68. The number of rotatable bonds is 8. The van der Waals surface area contributed by atoms with Gasteiger partial charge in [-0.25, -0.2) is 4.39 Å². The lowest BCUT2D eigenvalue weighted by molar-refractivity contribution is -0.138. The number of hydrogen-bond acceptors (Lipinski definition) is 3. The van der Waals surface area contributed by atoms with Gasteiger partial charge in [-0.1, -0.05) is 25.5 Å². The highest BCUT2D eigenvalue weighted by molar-refractivity contribution is 5.80. The predicted molar refractivity (Wildman–Crippen MR) is 114 cm³/mol. The van der Waals surface area contributed by atoms with Crippen molar-refractivity contribution in [1.29, 1.82) is 0 Å². The molecule has 0 spiro atoms. The fourth-order valence-electron chi connectivity index (χ4n) is 3.68. The van der Waals surface area contributed by atoms with Gasteiger partial charge >= 0.3 is 0 Å². The van der Waals surface area contributed by atoms with Gasteiger partial charge in [0.25, 0.3) is 0 Å². The van der Waals surface area contributed by atoms with Gasteiger partial charge in [-0.05, 0) is 70.8 Å². The van der Waals surface area contributed by atoms with Crippen molar-refractivity contribution in [2.24, 2.45) is 5.92 Å². The van der Waals surface area contributed by atoms with Crippen molar-refractivity contribution < 1.29 is 14.0 Å². The number of piperidine rings is 1. The maximum atomic E-state index is 13.5. The van der Waals surface area contributed by atoms with Crippen molar-refractivity contribution >= 4 is 11.8 Å². The van der Waals surface area contributed by atoms with Crippen LogP contribution in [0.4, 0.5) is 4.39 Å². The first-order valence-electron chi connectivity index (χ1n) is 10.8. The second kappa shape index (κ2) is 10.7. The van der Waals surface area contributed by atoms with Crippen LogP contribution in [0, 0.1) is 11.7 Å². The molecule has 1 fully saturated rings. The monoisotopic (exact) mass is 405 g/mol. The predicted octanol–water partition coefficient (Wildman–Crippen LogP) is 3.58. The molecule has 1 saturated heterocycles. The van der Waals surface area contributed by atoms with Gasteiger partial charge in [-0.3, -0.25) is 14.5 Å². The summed E-state index contributed by atoms with van der Waals surface area (Å²) in [6, 6.07) is 6.41. The topological polar surface area (TPSA) is 52.7 Å². The number of likely N-dealkylation sites (tertiary alicyclic amines) is 1. The molecule has 1 aromatic carbocycles. The number of halogens is 1. The van der Waals surface area contributed by atoms with Crippen LogP contribution in [-0.4, -0.2) is 53.3 Å². The van der Waals surface area contributed by atoms with Crippen LogP contribution in [0.2, 0.25) is 0 Å². The molecule has 162 valence electrons. The Hall–Kier alpha value is -1.95. The van der Waals surface area contributed by atoms with Gasteiger partial charge in [-0.15, -0.1) is 0 Å². The first-order chi connectivity index (χ1) is 13.7. The third-order valence-corrected chi connectivity index (χ3v) is 5.49. The number of amides is 2. The molecular weight excluding hydrogens is 369 g/mol. The first-order valence-corrected chi connectivity index (χ1v) is 10.8. The number of unbranched alkanes of at least 4 members (excludes halogenated alkanes) is 1. The molecule has 1 aliphatic heterocycles. The number of nitrogens with one attached hydrogen (secondary N) is 1. The number of hydrogen-bond donors (Lipinski definition) is 1. The standard InChI is InChI=1S/C23H36FN3O2/c1-5-6-12-25-22(29)19-10-13-26(14-11-19)17-21(28)27(23(2,3)4)16-18-8-7-9-20(24)15-18/h7-9,15,19H,5-6,10-14,16-17H2,1-4H3,(H,25,29). The van der Waals surface area contributed by atoms with Crippen molar-refractivity contribution in [3.63, 3.8) is 0 Å². The summed E-state index contributed by atoms with van der Waals surface area (Å²) in [5.74, 6) is -0.0632. The lowest BCUT2D eigenvalue weighted by Crippen LogP contribution is -2.50. The molecule has 0 bridgehead atoms. The smallest absolute Gasteiger partial charge is 0.237 e. The Labute approximate surface area is 174 Å². The van der Waals surface area contributed by atoms with E-state index in [1.54, 1.807) is 6.07 Å². The van der Waals surface area contributed by atoms with E-state index in [9.17, 15) is 14.0 Å². The van der Waals surface area contributed by atoms with Gasteiger partial charge in [0, 0.05) is 24.5 Å². The van der Waals surface area contributed by atoms with Crippen LogP contribution >= 0.6 is 0 Å². The molecule has 1 aromatic rings. The minimum Gasteiger partial charge on any atom is -0.356 e. The molecule has 0 aromatic heterocycles. The normalized spacial score (nSPS) is 15.9. The largest absolute Gasteiger partial charge is 0.356 e. The maximum absolute atomic E-state index is 13.5. The van der Waals surface area contributed by atoms with Crippen LogP contribution in [0.15, 0.2) is 24.3 Å². The molecule has 1 aliphatic rings. The van der Waals surface area contributed by atoms with Crippen LogP contribution in [0.3, 0.4) is 0 Å². The highest BCUT2D eigenvalue weighted by Gasteiger charge is 2.30. The van der Waals surface area contributed by atoms with Crippen molar-refractivity contribution in [3.05, 3.63) is 35.6 Å².